The summed E-state index contributed by atoms with van der Waals surface area (Å²) in [6.45, 7) is 6.68. The molecule has 0 fully saturated rings. The van der Waals surface area contributed by atoms with Crippen molar-refractivity contribution in [2.45, 2.75) is 45.4 Å². The molecule has 1 unspecified atom stereocenters. The van der Waals surface area contributed by atoms with Crippen LogP contribution in [0, 0.1) is 0 Å². The van der Waals surface area contributed by atoms with E-state index in [-0.39, 0.29) is 12.1 Å². The van der Waals surface area contributed by atoms with Gasteiger partial charge in [-0.1, -0.05) is 47.5 Å². The standard InChI is InChI=1S/C21H24Cl2N2O2/c1-21(2,3)27-20(26)25(13-14-8-9-17(22)18(23)10-14)16-11-15-6-4-5-7-19(15)24-12-16/h4-10,16,24H,11-13H2,1-3H3. The molecule has 4 nitrogen and oxygen atoms in total. The molecule has 2 aromatic carbocycles. The number of amides is 1. The Kier molecular flexibility index (Phi) is 5.87. The van der Waals surface area contributed by atoms with Crippen LogP contribution in [0.1, 0.15) is 31.9 Å². The number of carbonyl (C=O) groups excluding carboxylic acids is 1. The van der Waals surface area contributed by atoms with E-state index >= 15 is 0 Å². The monoisotopic (exact) mass is 406 g/mol. The minimum absolute atomic E-state index is 0.0239. The number of fused-ring (bicyclic) bond motifs is 1. The van der Waals surface area contributed by atoms with Crippen LogP contribution in [0.3, 0.4) is 0 Å². The van der Waals surface area contributed by atoms with Crippen LogP contribution in [-0.4, -0.2) is 29.2 Å². The van der Waals surface area contributed by atoms with Gasteiger partial charge in [0.25, 0.3) is 0 Å². The van der Waals surface area contributed by atoms with E-state index in [2.05, 4.69) is 17.4 Å². The van der Waals surface area contributed by atoms with Crippen LogP contribution >= 0.6 is 23.2 Å². The van der Waals surface area contributed by atoms with Gasteiger partial charge in [-0.15, -0.1) is 0 Å². The molecular weight excluding hydrogens is 383 g/mol. The second kappa shape index (κ2) is 7.99. The summed E-state index contributed by atoms with van der Waals surface area (Å²) in [5.74, 6) is 0. The summed E-state index contributed by atoms with van der Waals surface area (Å²) in [5, 5.41) is 4.40. The predicted molar refractivity (Wildman–Crippen MR) is 111 cm³/mol. The van der Waals surface area contributed by atoms with Crippen LogP contribution in [0.2, 0.25) is 10.0 Å². The lowest BCUT2D eigenvalue weighted by atomic mass is 9.98. The van der Waals surface area contributed by atoms with Gasteiger partial charge in [0, 0.05) is 18.8 Å². The molecule has 0 aliphatic carbocycles. The zero-order valence-electron chi connectivity index (χ0n) is 15.8. The van der Waals surface area contributed by atoms with Crippen molar-refractivity contribution in [3.05, 3.63) is 63.6 Å². The fraction of sp³-hybridized carbons (Fsp3) is 0.381. The first-order chi connectivity index (χ1) is 12.7. The Morgan fingerprint density at radius 2 is 1.93 bits per heavy atom. The van der Waals surface area contributed by atoms with Crippen molar-refractivity contribution in [2.75, 3.05) is 11.9 Å². The molecule has 1 aliphatic heterocycles. The second-order valence-electron chi connectivity index (χ2n) is 7.75. The van der Waals surface area contributed by atoms with E-state index in [1.165, 1.54) is 5.56 Å². The summed E-state index contributed by atoms with van der Waals surface area (Å²) in [6.07, 6.45) is 0.434. The number of halogens is 2. The molecule has 1 amide bonds. The molecule has 0 aromatic heterocycles. The van der Waals surface area contributed by atoms with Gasteiger partial charge < -0.3 is 10.1 Å². The third kappa shape index (κ3) is 5.08. The third-order valence-corrected chi connectivity index (χ3v) is 5.15. The fourth-order valence-corrected chi connectivity index (χ4v) is 3.46. The minimum atomic E-state index is -0.563. The largest absolute Gasteiger partial charge is 0.444 e. The highest BCUT2D eigenvalue weighted by Gasteiger charge is 2.31. The van der Waals surface area contributed by atoms with Crippen LogP contribution in [0.25, 0.3) is 0 Å². The highest BCUT2D eigenvalue weighted by molar-refractivity contribution is 6.42. The Morgan fingerprint density at radius 1 is 1.19 bits per heavy atom. The van der Waals surface area contributed by atoms with Crippen molar-refractivity contribution in [1.29, 1.82) is 0 Å². The number of carbonyl (C=O) groups is 1. The van der Waals surface area contributed by atoms with Crippen LogP contribution < -0.4 is 5.32 Å². The molecule has 1 heterocycles. The van der Waals surface area contributed by atoms with E-state index in [1.807, 2.05) is 39.0 Å². The highest BCUT2D eigenvalue weighted by atomic mass is 35.5. The molecule has 2 aromatic rings. The van der Waals surface area contributed by atoms with Crippen LogP contribution in [0.4, 0.5) is 10.5 Å². The normalized spacial score (nSPS) is 16.3. The van der Waals surface area contributed by atoms with Gasteiger partial charge in [0.15, 0.2) is 0 Å². The lowest BCUT2D eigenvalue weighted by molar-refractivity contribution is 0.0148. The molecule has 1 atom stereocenters. The van der Waals surface area contributed by atoms with Crippen molar-refractivity contribution >= 4 is 35.0 Å². The molecule has 6 heteroatoms. The van der Waals surface area contributed by atoms with Gasteiger partial charge in [0.05, 0.1) is 16.1 Å². The van der Waals surface area contributed by atoms with E-state index in [1.54, 1.807) is 17.0 Å². The number of anilines is 1. The zero-order valence-corrected chi connectivity index (χ0v) is 17.3. The van der Waals surface area contributed by atoms with Gasteiger partial charge in [-0.3, -0.25) is 4.90 Å². The van der Waals surface area contributed by atoms with Gasteiger partial charge in [-0.2, -0.15) is 0 Å². The highest BCUT2D eigenvalue weighted by Crippen LogP contribution is 2.28. The third-order valence-electron chi connectivity index (χ3n) is 4.41. The number of rotatable bonds is 3. The van der Waals surface area contributed by atoms with Gasteiger partial charge >= 0.3 is 6.09 Å². The summed E-state index contributed by atoms with van der Waals surface area (Å²) in [4.78, 5) is 14.7. The first-order valence-corrected chi connectivity index (χ1v) is 9.74. The number of nitrogens with zero attached hydrogens (tertiary/aromatic N) is 1. The smallest absolute Gasteiger partial charge is 0.410 e. The van der Waals surface area contributed by atoms with Crippen LogP contribution in [0.5, 0.6) is 0 Å². The topological polar surface area (TPSA) is 41.6 Å². The minimum Gasteiger partial charge on any atom is -0.444 e. The van der Waals surface area contributed by atoms with Gasteiger partial charge in [-0.05, 0) is 56.5 Å². The molecule has 27 heavy (non-hydrogen) atoms. The Balaban J connectivity index is 1.85. The van der Waals surface area contributed by atoms with Crippen molar-refractivity contribution in [3.63, 3.8) is 0 Å². The summed E-state index contributed by atoms with van der Waals surface area (Å²) in [7, 11) is 0. The van der Waals surface area contributed by atoms with E-state index in [0.29, 0.717) is 23.1 Å². The molecule has 1 aliphatic rings. The van der Waals surface area contributed by atoms with Gasteiger partial charge in [-0.25, -0.2) is 4.79 Å². The quantitative estimate of drug-likeness (QED) is 0.703. The number of hydrogen-bond acceptors (Lipinski definition) is 3. The molecule has 144 valence electrons. The molecule has 0 bridgehead atoms. The maximum absolute atomic E-state index is 12.9. The lowest BCUT2D eigenvalue weighted by Crippen LogP contribution is -2.48. The molecule has 0 saturated carbocycles. The number of hydrogen-bond donors (Lipinski definition) is 1. The Morgan fingerprint density at radius 3 is 2.63 bits per heavy atom. The van der Waals surface area contributed by atoms with Crippen molar-refractivity contribution in [3.8, 4) is 0 Å². The van der Waals surface area contributed by atoms with Gasteiger partial charge in [0.2, 0.25) is 0 Å². The number of nitrogens with one attached hydrogen (secondary N) is 1. The predicted octanol–water partition coefficient (Wildman–Crippen LogP) is 5.77. The first-order valence-electron chi connectivity index (χ1n) is 8.98. The molecule has 0 saturated heterocycles. The number of benzene rings is 2. The van der Waals surface area contributed by atoms with Gasteiger partial charge in [0.1, 0.15) is 5.60 Å². The first kappa shape index (κ1) is 19.8. The maximum atomic E-state index is 12.9. The number of ether oxygens (including phenoxy) is 1. The Hall–Kier alpha value is -1.91. The Labute approximate surface area is 170 Å². The summed E-state index contributed by atoms with van der Waals surface area (Å²) < 4.78 is 5.67. The maximum Gasteiger partial charge on any atom is 0.410 e. The van der Waals surface area contributed by atoms with Crippen LogP contribution in [-0.2, 0) is 17.7 Å². The van der Waals surface area contributed by atoms with Crippen molar-refractivity contribution in [2.24, 2.45) is 0 Å². The summed E-state index contributed by atoms with van der Waals surface area (Å²) in [5.41, 5.74) is 2.66. The van der Waals surface area contributed by atoms with Crippen molar-refractivity contribution < 1.29 is 9.53 Å². The van der Waals surface area contributed by atoms with Crippen molar-refractivity contribution in [1.82, 2.24) is 4.90 Å². The summed E-state index contributed by atoms with van der Waals surface area (Å²) in [6, 6.07) is 13.6. The van der Waals surface area contributed by atoms with Crippen LogP contribution in [0.15, 0.2) is 42.5 Å². The van der Waals surface area contributed by atoms with E-state index in [4.69, 9.17) is 27.9 Å². The SMILES string of the molecule is CC(C)(C)OC(=O)N(Cc1ccc(Cl)c(Cl)c1)C1CNc2ccccc2C1. The number of para-hydroxylation sites is 1. The van der Waals surface area contributed by atoms with E-state index < -0.39 is 5.60 Å². The molecule has 0 radical (unpaired) electrons. The zero-order chi connectivity index (χ0) is 19.6. The molecule has 0 spiro atoms. The fourth-order valence-electron chi connectivity index (χ4n) is 3.14. The van der Waals surface area contributed by atoms with E-state index in [9.17, 15) is 4.79 Å². The molecule has 1 N–H and O–H groups in total. The molecule has 3 rings (SSSR count). The summed E-state index contributed by atoms with van der Waals surface area (Å²) >= 11 is 12.2. The second-order valence-corrected chi connectivity index (χ2v) is 8.57. The Bertz CT molecular complexity index is 833. The van der Waals surface area contributed by atoms with E-state index in [0.717, 1.165) is 17.7 Å². The molecular formula is C21H24Cl2N2O2. The average Bonchev–Trinajstić information content (AvgIpc) is 2.60. The average molecular weight is 407 g/mol. The lowest BCUT2D eigenvalue weighted by Gasteiger charge is -2.36.